The topological polar surface area (TPSA) is 26.3 Å². The van der Waals surface area contributed by atoms with Crippen LogP contribution in [0.25, 0.3) is 0 Å². The van der Waals surface area contributed by atoms with E-state index in [-0.39, 0.29) is 0 Å². The average molecular weight is 281 g/mol. The summed E-state index contributed by atoms with van der Waals surface area (Å²) in [4.78, 5) is 12.4. The Morgan fingerprint density at radius 3 is 1.94 bits per heavy atom. The van der Waals surface area contributed by atoms with Crippen LogP contribution in [0.1, 0.15) is 15.9 Å². The van der Waals surface area contributed by atoms with Gasteiger partial charge in [0.25, 0.3) is 0 Å². The van der Waals surface area contributed by atoms with Gasteiger partial charge in [0.15, 0.2) is 0 Å². The van der Waals surface area contributed by atoms with E-state index in [1.165, 1.54) is 0 Å². The number of carbonyl (C=O) groups is 1. The molecule has 0 N–H and O–H groups in total. The summed E-state index contributed by atoms with van der Waals surface area (Å²) in [5.41, 5.74) is 0.938. The molecule has 0 spiro atoms. The molecule has 0 saturated heterocycles. The number of benzene rings is 2. The second kappa shape index (κ2) is 5.53. The third kappa shape index (κ3) is 2.41. The molecule has 1 unspecified atom stereocenters. The molecule has 0 aliphatic rings. The number of hydrogen-bond donors (Lipinski definition) is 0. The van der Waals surface area contributed by atoms with Gasteiger partial charge in [-0.1, -0.05) is 72.3 Å². The highest BCUT2D eigenvalue weighted by atomic mass is 35.5. The van der Waals surface area contributed by atoms with Crippen LogP contribution in [0.4, 0.5) is 0 Å². The normalized spacial score (nSPS) is 13.9. The number of rotatable bonds is 4. The number of ketones is 1. The highest BCUT2D eigenvalue weighted by Crippen LogP contribution is 2.35. The molecule has 0 aromatic heterocycles. The molecule has 2 rings (SSSR count). The lowest BCUT2D eigenvalue weighted by Crippen LogP contribution is -2.30. The van der Waals surface area contributed by atoms with E-state index >= 15 is 0 Å². The molecule has 2 aromatic carbocycles. The maximum atomic E-state index is 12.4. The van der Waals surface area contributed by atoms with E-state index in [0.29, 0.717) is 11.1 Å². The third-order valence-corrected chi connectivity index (χ3v) is 3.36. The van der Waals surface area contributed by atoms with Crippen LogP contribution in [-0.2, 0) is 9.35 Å². The van der Waals surface area contributed by atoms with Crippen molar-refractivity contribution in [1.82, 2.24) is 0 Å². The zero-order valence-electron chi connectivity index (χ0n) is 9.35. The van der Waals surface area contributed by atoms with Gasteiger partial charge in [0.2, 0.25) is 10.8 Å². The van der Waals surface area contributed by atoms with Crippen molar-refractivity contribution in [3.8, 4) is 0 Å². The Labute approximate surface area is 115 Å². The fraction of sp³-hybridized carbons (Fsp3) is 0.0714. The van der Waals surface area contributed by atoms with Crippen molar-refractivity contribution < 1.29 is 9.08 Å². The monoisotopic (exact) mass is 280 g/mol. The van der Waals surface area contributed by atoms with Gasteiger partial charge in [0.05, 0.1) is 11.9 Å². The van der Waals surface area contributed by atoms with Crippen LogP contribution in [0.5, 0.6) is 0 Å². The first-order valence-electron chi connectivity index (χ1n) is 5.32. The second-order valence-electron chi connectivity index (χ2n) is 3.73. The van der Waals surface area contributed by atoms with Crippen molar-refractivity contribution in [2.75, 3.05) is 0 Å². The minimum absolute atomic E-state index is 0.397. The van der Waals surface area contributed by atoms with Crippen molar-refractivity contribution in [2.24, 2.45) is 0 Å². The first-order valence-corrected chi connectivity index (χ1v) is 6.01. The molecule has 0 amide bonds. The standard InChI is InChI=1S/C14H10Cl2O2/c15-14(18-16,12-9-5-2-6-10-12)13(17)11-7-3-1-4-8-11/h1-10H. The van der Waals surface area contributed by atoms with Crippen LogP contribution < -0.4 is 0 Å². The van der Waals surface area contributed by atoms with Gasteiger partial charge in [0.1, 0.15) is 0 Å². The van der Waals surface area contributed by atoms with E-state index in [1.54, 1.807) is 48.5 Å². The van der Waals surface area contributed by atoms with Crippen LogP contribution >= 0.6 is 23.5 Å². The lowest BCUT2D eigenvalue weighted by atomic mass is 9.99. The van der Waals surface area contributed by atoms with Crippen LogP contribution in [0.3, 0.4) is 0 Å². The van der Waals surface area contributed by atoms with Crippen LogP contribution in [0.15, 0.2) is 60.7 Å². The summed E-state index contributed by atoms with van der Waals surface area (Å²) in [7, 11) is 0. The van der Waals surface area contributed by atoms with Gasteiger partial charge >= 0.3 is 0 Å². The summed E-state index contributed by atoms with van der Waals surface area (Å²) >= 11 is 11.7. The first-order chi connectivity index (χ1) is 8.68. The lowest BCUT2D eigenvalue weighted by Gasteiger charge is -2.22. The van der Waals surface area contributed by atoms with Gasteiger partial charge in [-0.25, -0.2) is 4.29 Å². The Morgan fingerprint density at radius 1 is 0.944 bits per heavy atom. The zero-order valence-corrected chi connectivity index (χ0v) is 10.9. The smallest absolute Gasteiger partial charge is 0.250 e. The number of carbonyl (C=O) groups excluding carboxylic acids is 1. The largest absolute Gasteiger partial charge is 0.289 e. The predicted octanol–water partition coefficient (Wildman–Crippen LogP) is 4.13. The van der Waals surface area contributed by atoms with Gasteiger partial charge in [0, 0.05) is 11.1 Å². The summed E-state index contributed by atoms with van der Waals surface area (Å²) in [6.45, 7) is 0. The van der Waals surface area contributed by atoms with E-state index in [4.69, 9.17) is 27.8 Å². The molecule has 0 radical (unpaired) electrons. The number of Topliss-reactive ketones (excluding diaryl/α,β-unsaturated/α-hetero) is 1. The van der Waals surface area contributed by atoms with E-state index in [9.17, 15) is 4.79 Å². The lowest BCUT2D eigenvalue weighted by molar-refractivity contribution is 0.0728. The first kappa shape index (κ1) is 13.1. The number of alkyl halides is 1. The van der Waals surface area contributed by atoms with Gasteiger partial charge in [-0.2, -0.15) is 0 Å². The van der Waals surface area contributed by atoms with E-state index in [0.717, 1.165) is 0 Å². The Morgan fingerprint density at radius 2 is 1.44 bits per heavy atom. The van der Waals surface area contributed by atoms with Crippen molar-refractivity contribution in [1.29, 1.82) is 0 Å². The summed E-state index contributed by atoms with van der Waals surface area (Å²) in [6, 6.07) is 17.4. The molecule has 0 fully saturated rings. The van der Waals surface area contributed by atoms with E-state index < -0.39 is 10.8 Å². The van der Waals surface area contributed by atoms with Gasteiger partial charge in [-0.3, -0.25) is 4.79 Å². The Bertz CT molecular complexity index is 528. The number of hydrogen-bond acceptors (Lipinski definition) is 2. The molecule has 0 aliphatic carbocycles. The van der Waals surface area contributed by atoms with Crippen molar-refractivity contribution in [3.05, 3.63) is 71.8 Å². The molecular formula is C14H10Cl2O2. The Hall–Kier alpha value is -1.35. The molecule has 0 heterocycles. The average Bonchev–Trinajstić information content (AvgIpc) is 2.47. The third-order valence-electron chi connectivity index (χ3n) is 2.58. The summed E-state index contributed by atoms with van der Waals surface area (Å²) in [5.74, 6) is -0.397. The molecule has 92 valence electrons. The molecule has 2 nitrogen and oxygen atoms in total. The van der Waals surface area contributed by atoms with Crippen molar-refractivity contribution >= 4 is 29.3 Å². The maximum Gasteiger partial charge on any atom is 0.250 e. The fourth-order valence-electron chi connectivity index (χ4n) is 1.64. The quantitative estimate of drug-likeness (QED) is 0.622. The second-order valence-corrected chi connectivity index (χ2v) is 4.42. The van der Waals surface area contributed by atoms with Crippen LogP contribution in [0, 0.1) is 0 Å². The van der Waals surface area contributed by atoms with Crippen molar-refractivity contribution in [2.45, 2.75) is 5.06 Å². The fourth-order valence-corrected chi connectivity index (χ4v) is 2.03. The molecular weight excluding hydrogens is 271 g/mol. The van der Waals surface area contributed by atoms with Crippen LogP contribution in [0.2, 0.25) is 0 Å². The molecule has 0 bridgehead atoms. The zero-order chi connectivity index (χ0) is 13.0. The highest BCUT2D eigenvalue weighted by Gasteiger charge is 2.40. The minimum Gasteiger partial charge on any atom is -0.289 e. The SMILES string of the molecule is O=C(c1ccccc1)C(Cl)(OCl)c1ccccc1. The molecule has 4 heteroatoms. The Balaban J connectivity index is 2.43. The predicted molar refractivity (Wildman–Crippen MR) is 71.7 cm³/mol. The number of halogens is 2. The van der Waals surface area contributed by atoms with Crippen LogP contribution in [-0.4, -0.2) is 5.78 Å². The minimum atomic E-state index is -1.70. The summed E-state index contributed by atoms with van der Waals surface area (Å²) < 4.78 is 4.73. The highest BCUT2D eigenvalue weighted by molar-refractivity contribution is 6.38. The molecule has 0 saturated carbocycles. The Kier molecular flexibility index (Phi) is 4.02. The molecule has 0 aliphatic heterocycles. The van der Waals surface area contributed by atoms with Gasteiger partial charge in [-0.05, 0) is 0 Å². The summed E-state index contributed by atoms with van der Waals surface area (Å²) in [6.07, 6.45) is 0. The van der Waals surface area contributed by atoms with Gasteiger partial charge in [-0.15, -0.1) is 0 Å². The van der Waals surface area contributed by atoms with E-state index in [1.807, 2.05) is 12.1 Å². The molecule has 1 atom stereocenters. The summed E-state index contributed by atoms with van der Waals surface area (Å²) in [5, 5.41) is -1.70. The molecule has 18 heavy (non-hydrogen) atoms. The van der Waals surface area contributed by atoms with Crippen molar-refractivity contribution in [3.63, 3.8) is 0 Å². The van der Waals surface area contributed by atoms with Gasteiger partial charge < -0.3 is 0 Å². The molecule has 2 aromatic rings. The van der Waals surface area contributed by atoms with E-state index in [2.05, 4.69) is 0 Å². The maximum absolute atomic E-state index is 12.4.